The number of halogens is 4. The van der Waals surface area contributed by atoms with Gasteiger partial charge in [-0.1, -0.05) is 34.8 Å². The Balaban J connectivity index is 2.73. The molecule has 0 aromatic rings. The molecule has 0 aromatic heterocycles. The van der Waals surface area contributed by atoms with Crippen LogP contribution in [0, 0.1) is 0 Å². The van der Waals surface area contributed by atoms with E-state index in [1.165, 1.54) is 0 Å². The van der Waals surface area contributed by atoms with Crippen LogP contribution in [-0.4, -0.2) is 35.3 Å². The lowest BCUT2D eigenvalue weighted by Crippen LogP contribution is -2.37. The fraction of sp³-hybridized carbons (Fsp3) is 0.667. The molecule has 0 saturated carbocycles. The fourth-order valence-electron chi connectivity index (χ4n) is 0.863. The van der Waals surface area contributed by atoms with Crippen LogP contribution in [0.4, 0.5) is 0 Å². The zero-order valence-corrected chi connectivity index (χ0v) is 11.7. The van der Waals surface area contributed by atoms with Gasteiger partial charge < -0.3 is 5.11 Å². The molecule has 1 aliphatic heterocycles. The van der Waals surface area contributed by atoms with Crippen molar-refractivity contribution < 1.29 is 14.7 Å². The second-order valence-electron chi connectivity index (χ2n) is 2.73. The number of amides is 1. The molecule has 1 saturated heterocycles. The number of aliphatic carboxylic acids is 1. The molecule has 0 radical (unpaired) electrons. The Morgan fingerprint density at radius 1 is 1.53 bits per heavy atom. The van der Waals surface area contributed by atoms with Gasteiger partial charge in [0, 0.05) is 6.54 Å². The number of carboxylic acids is 1. The summed E-state index contributed by atoms with van der Waals surface area (Å²) in [7, 11) is 0. The molecular weight excluding hydrogens is 352 g/mol. The van der Waals surface area contributed by atoms with Crippen LogP contribution in [0.3, 0.4) is 0 Å². The maximum absolute atomic E-state index is 11.6. The van der Waals surface area contributed by atoms with E-state index in [-0.39, 0.29) is 13.0 Å². The van der Waals surface area contributed by atoms with Gasteiger partial charge in [-0.15, -0.1) is 0 Å². The number of carboxylic acid groups (broad SMARTS) is 1. The zero-order chi connectivity index (χ0) is 11.9. The summed E-state index contributed by atoms with van der Waals surface area (Å²) in [4.78, 5) is 21.9. The number of hydrogen-bond donors (Lipinski definition) is 1. The summed E-state index contributed by atoms with van der Waals surface area (Å²) >= 11 is 21.2. The summed E-state index contributed by atoms with van der Waals surface area (Å²) in [6.45, 7) is 0.0000926. The Kier molecular flexibility index (Phi) is 4.10. The highest BCUT2D eigenvalue weighted by Gasteiger charge is 2.62. The van der Waals surface area contributed by atoms with Gasteiger partial charge >= 0.3 is 5.97 Å². The molecule has 0 aromatic carbocycles. The monoisotopic (exact) mass is 355 g/mol. The SMILES string of the molecule is O=C(O)CCN1SC(Cl)(Br)C(Cl)(Cl)C1=O. The van der Waals surface area contributed by atoms with E-state index in [0.29, 0.717) is 0 Å². The van der Waals surface area contributed by atoms with Gasteiger partial charge in [0.2, 0.25) is 7.45 Å². The van der Waals surface area contributed by atoms with Crippen molar-refractivity contribution in [3.8, 4) is 0 Å². The van der Waals surface area contributed by atoms with Crippen molar-refractivity contribution in [3.05, 3.63) is 0 Å². The van der Waals surface area contributed by atoms with Crippen LogP contribution >= 0.6 is 62.7 Å². The maximum atomic E-state index is 11.6. The average molecular weight is 357 g/mol. The summed E-state index contributed by atoms with van der Waals surface area (Å²) < 4.78 is -2.04. The second kappa shape index (κ2) is 4.49. The number of hydrogen-bond acceptors (Lipinski definition) is 3. The molecule has 1 N–H and O–H groups in total. The predicted octanol–water partition coefficient (Wildman–Crippen LogP) is 2.41. The van der Waals surface area contributed by atoms with Crippen molar-refractivity contribution >= 4 is 74.6 Å². The van der Waals surface area contributed by atoms with Crippen LogP contribution in [0.2, 0.25) is 0 Å². The Bertz CT molecular complexity index is 312. The Morgan fingerprint density at radius 2 is 2.07 bits per heavy atom. The molecule has 4 nitrogen and oxygen atoms in total. The van der Waals surface area contributed by atoms with Crippen molar-refractivity contribution in [1.82, 2.24) is 4.31 Å². The van der Waals surface area contributed by atoms with Crippen LogP contribution in [0.15, 0.2) is 0 Å². The summed E-state index contributed by atoms with van der Waals surface area (Å²) in [6, 6.07) is 0. The van der Waals surface area contributed by atoms with Gasteiger partial charge in [-0.25, -0.2) is 0 Å². The van der Waals surface area contributed by atoms with Gasteiger partial charge in [0.05, 0.1) is 6.42 Å². The normalized spacial score (nSPS) is 29.6. The van der Waals surface area contributed by atoms with E-state index in [9.17, 15) is 9.59 Å². The maximum Gasteiger partial charge on any atom is 0.305 e. The number of carbonyl (C=O) groups is 2. The highest BCUT2D eigenvalue weighted by atomic mass is 79.9. The summed E-state index contributed by atoms with van der Waals surface area (Å²) in [5.41, 5.74) is 0. The van der Waals surface area contributed by atoms with Gasteiger partial charge in [0.1, 0.15) is 0 Å². The minimum absolute atomic E-state index is 0.0000926. The van der Waals surface area contributed by atoms with E-state index >= 15 is 0 Å². The molecule has 0 aliphatic carbocycles. The van der Waals surface area contributed by atoms with Crippen molar-refractivity contribution in [1.29, 1.82) is 0 Å². The number of nitrogens with zero attached hydrogens (tertiary/aromatic N) is 1. The lowest BCUT2D eigenvalue weighted by Gasteiger charge is -2.18. The number of rotatable bonds is 3. The molecule has 0 bridgehead atoms. The first kappa shape index (κ1) is 13.7. The van der Waals surface area contributed by atoms with E-state index < -0.39 is 19.3 Å². The number of carbonyl (C=O) groups excluding carboxylic acids is 1. The quantitative estimate of drug-likeness (QED) is 0.623. The molecule has 1 heterocycles. The van der Waals surface area contributed by atoms with Gasteiger partial charge in [0.15, 0.2) is 0 Å². The molecule has 86 valence electrons. The molecule has 15 heavy (non-hydrogen) atoms. The molecule has 1 atom stereocenters. The minimum Gasteiger partial charge on any atom is -0.481 e. The van der Waals surface area contributed by atoms with Gasteiger partial charge in [0.25, 0.3) is 5.91 Å². The van der Waals surface area contributed by atoms with Crippen LogP contribution in [0.1, 0.15) is 6.42 Å². The highest BCUT2D eigenvalue weighted by molar-refractivity contribution is 9.12. The third-order valence-electron chi connectivity index (χ3n) is 1.61. The molecule has 1 fully saturated rings. The van der Waals surface area contributed by atoms with Crippen molar-refractivity contribution in [2.24, 2.45) is 0 Å². The second-order valence-corrected chi connectivity index (χ2v) is 8.26. The summed E-state index contributed by atoms with van der Waals surface area (Å²) in [6.07, 6.45) is -0.192. The largest absolute Gasteiger partial charge is 0.481 e. The summed E-state index contributed by atoms with van der Waals surface area (Å²) in [5, 5.41) is 8.46. The molecule has 1 unspecified atom stereocenters. The Labute approximate surface area is 113 Å². The first-order chi connectivity index (χ1) is 6.68. The van der Waals surface area contributed by atoms with Gasteiger partial charge in [-0.3, -0.25) is 13.9 Å². The highest BCUT2D eigenvalue weighted by Crippen LogP contribution is 2.59. The number of alkyl halides is 4. The third-order valence-corrected chi connectivity index (χ3v) is 6.00. The molecule has 0 spiro atoms. The van der Waals surface area contributed by atoms with Crippen molar-refractivity contribution in [3.63, 3.8) is 0 Å². The van der Waals surface area contributed by atoms with Crippen molar-refractivity contribution in [2.75, 3.05) is 6.54 Å². The van der Waals surface area contributed by atoms with Crippen LogP contribution < -0.4 is 0 Å². The van der Waals surface area contributed by atoms with E-state index in [1.54, 1.807) is 0 Å². The van der Waals surface area contributed by atoms with E-state index in [2.05, 4.69) is 15.9 Å². The molecular formula is C6H5BrCl3NO3S. The lowest BCUT2D eigenvalue weighted by molar-refractivity contribution is -0.137. The first-order valence-electron chi connectivity index (χ1n) is 3.67. The van der Waals surface area contributed by atoms with Gasteiger partial charge in [-0.2, -0.15) is 0 Å². The predicted molar refractivity (Wildman–Crippen MR) is 63.5 cm³/mol. The van der Waals surface area contributed by atoms with E-state index in [1.807, 2.05) is 0 Å². The standard InChI is InChI=1S/C6H5BrCl3NO3S/c7-6(10)5(8,9)4(14)11(15-6)2-1-3(12)13/h1-2H2,(H,12,13). The first-order valence-corrected chi connectivity index (χ1v) is 6.37. The molecule has 9 heteroatoms. The zero-order valence-electron chi connectivity index (χ0n) is 7.05. The van der Waals surface area contributed by atoms with Crippen LogP contribution in [-0.2, 0) is 9.59 Å². The Morgan fingerprint density at radius 3 is 2.40 bits per heavy atom. The third kappa shape index (κ3) is 2.66. The molecule has 1 rings (SSSR count). The van der Waals surface area contributed by atoms with Crippen LogP contribution in [0.25, 0.3) is 0 Å². The van der Waals surface area contributed by atoms with Gasteiger partial charge in [-0.05, 0) is 27.9 Å². The van der Waals surface area contributed by atoms with E-state index in [4.69, 9.17) is 39.9 Å². The van der Waals surface area contributed by atoms with Crippen LogP contribution in [0.5, 0.6) is 0 Å². The fourth-order valence-corrected chi connectivity index (χ4v) is 3.28. The average Bonchev–Trinajstić information content (AvgIpc) is 2.23. The minimum atomic E-state index is -1.81. The van der Waals surface area contributed by atoms with E-state index in [0.717, 1.165) is 16.3 Å². The smallest absolute Gasteiger partial charge is 0.305 e. The molecule has 1 aliphatic rings. The molecule has 1 amide bonds. The topological polar surface area (TPSA) is 57.6 Å². The lowest BCUT2D eigenvalue weighted by atomic mass is 10.4. The van der Waals surface area contributed by atoms with Crippen molar-refractivity contribution in [2.45, 2.75) is 13.9 Å². The summed E-state index contributed by atoms with van der Waals surface area (Å²) in [5.74, 6) is -1.64. The Hall–Kier alpha value is 0.640.